The summed E-state index contributed by atoms with van der Waals surface area (Å²) in [5, 5.41) is 3.43. The topological polar surface area (TPSA) is 46.9 Å². The van der Waals surface area contributed by atoms with E-state index in [4.69, 9.17) is 4.98 Å². The molecule has 0 saturated carbocycles. The number of carbonyl (C=O) groups excluding carboxylic acids is 1. The first-order valence-electron chi connectivity index (χ1n) is 8.48. The number of ketones is 1. The Morgan fingerprint density at radius 1 is 1.12 bits per heavy atom. The van der Waals surface area contributed by atoms with Gasteiger partial charge in [-0.25, -0.2) is 4.98 Å². The van der Waals surface area contributed by atoms with Gasteiger partial charge in [-0.2, -0.15) is 0 Å². The van der Waals surface area contributed by atoms with Crippen molar-refractivity contribution in [3.63, 3.8) is 0 Å². The van der Waals surface area contributed by atoms with E-state index in [1.165, 1.54) is 0 Å². The van der Waals surface area contributed by atoms with Crippen LogP contribution in [0.3, 0.4) is 0 Å². The van der Waals surface area contributed by atoms with Crippen molar-refractivity contribution in [3.05, 3.63) is 69.8 Å². The predicted molar refractivity (Wildman–Crippen MR) is 102 cm³/mol. The van der Waals surface area contributed by atoms with Crippen molar-refractivity contribution in [2.75, 3.05) is 5.32 Å². The summed E-state index contributed by atoms with van der Waals surface area (Å²) in [5.74, 6) is 1.06. The Morgan fingerprint density at radius 2 is 2.00 bits per heavy atom. The number of benzene rings is 2. The zero-order chi connectivity index (χ0) is 17.0. The van der Waals surface area contributed by atoms with Crippen molar-refractivity contribution in [3.8, 4) is 0 Å². The lowest BCUT2D eigenvalue weighted by molar-refractivity contribution is -0.116. The molecule has 1 atom stereocenters. The monoisotopic (exact) mass is 393 g/mol. The van der Waals surface area contributed by atoms with E-state index in [9.17, 15) is 4.79 Å². The quantitative estimate of drug-likeness (QED) is 0.644. The zero-order valence-corrected chi connectivity index (χ0v) is 15.1. The molecule has 0 amide bonds. The number of Topliss-reactive ketones (excluding diaryl/α,β-unsaturated/α-hetero) is 1. The lowest BCUT2D eigenvalue weighted by atomic mass is 9.85. The number of rotatable bonds is 1. The van der Waals surface area contributed by atoms with E-state index >= 15 is 0 Å². The number of para-hydroxylation sites is 2. The minimum absolute atomic E-state index is 0.135. The van der Waals surface area contributed by atoms with Crippen LogP contribution in [-0.4, -0.2) is 15.3 Å². The summed E-state index contributed by atoms with van der Waals surface area (Å²) in [6, 6.07) is 16.2. The Morgan fingerprint density at radius 3 is 2.88 bits per heavy atom. The van der Waals surface area contributed by atoms with Crippen molar-refractivity contribution in [1.29, 1.82) is 0 Å². The molecular formula is C20H16BrN3O. The number of halogens is 1. The number of aromatic nitrogens is 2. The van der Waals surface area contributed by atoms with E-state index in [0.29, 0.717) is 6.42 Å². The summed E-state index contributed by atoms with van der Waals surface area (Å²) in [6.07, 6.45) is 2.41. The van der Waals surface area contributed by atoms with Crippen LogP contribution in [0.4, 0.5) is 5.95 Å². The predicted octanol–water partition coefficient (Wildman–Crippen LogP) is 4.82. The fraction of sp³-hybridized carbons (Fsp3) is 0.200. The normalized spacial score (nSPS) is 19.6. The first-order chi connectivity index (χ1) is 12.2. The van der Waals surface area contributed by atoms with E-state index in [2.05, 4.69) is 44.0 Å². The molecule has 0 spiro atoms. The molecule has 2 heterocycles. The maximum Gasteiger partial charge on any atom is 0.209 e. The second kappa shape index (κ2) is 5.56. The number of allylic oxidation sites excluding steroid dienone is 2. The number of anilines is 1. The maximum atomic E-state index is 12.8. The molecule has 4 nitrogen and oxygen atoms in total. The first kappa shape index (κ1) is 14.9. The van der Waals surface area contributed by atoms with Crippen molar-refractivity contribution < 1.29 is 4.79 Å². The third-order valence-electron chi connectivity index (χ3n) is 5.01. The molecule has 0 unspecified atom stereocenters. The number of hydrogen-bond acceptors (Lipinski definition) is 3. The summed E-state index contributed by atoms with van der Waals surface area (Å²) in [4.78, 5) is 17.6. The number of fused-ring (bicyclic) bond motifs is 3. The van der Waals surface area contributed by atoms with Crippen LogP contribution in [-0.2, 0) is 4.79 Å². The highest BCUT2D eigenvalue weighted by Gasteiger charge is 2.36. The highest BCUT2D eigenvalue weighted by atomic mass is 79.9. The summed E-state index contributed by atoms with van der Waals surface area (Å²) in [7, 11) is 0. The van der Waals surface area contributed by atoms with Gasteiger partial charge in [-0.1, -0.05) is 40.2 Å². The van der Waals surface area contributed by atoms with Crippen LogP contribution < -0.4 is 5.32 Å². The molecule has 2 aliphatic rings. The second-order valence-electron chi connectivity index (χ2n) is 6.55. The van der Waals surface area contributed by atoms with Crippen LogP contribution in [0.15, 0.2) is 64.3 Å². The van der Waals surface area contributed by atoms with E-state index in [0.717, 1.165) is 51.1 Å². The van der Waals surface area contributed by atoms with Gasteiger partial charge in [0.25, 0.3) is 0 Å². The van der Waals surface area contributed by atoms with Gasteiger partial charge < -0.3 is 5.32 Å². The SMILES string of the molecule is O=C1CCCC2=C1[C@@H](c1cccc(Br)c1)n1c(nc3ccccc31)N2. The number of imidazole rings is 1. The molecule has 0 radical (unpaired) electrons. The molecule has 25 heavy (non-hydrogen) atoms. The van der Waals surface area contributed by atoms with Crippen LogP contribution in [0, 0.1) is 0 Å². The Balaban J connectivity index is 1.82. The number of hydrogen-bond donors (Lipinski definition) is 1. The van der Waals surface area contributed by atoms with Gasteiger partial charge in [-0.15, -0.1) is 0 Å². The van der Waals surface area contributed by atoms with E-state index in [1.54, 1.807) is 0 Å². The number of carbonyl (C=O) groups is 1. The van der Waals surface area contributed by atoms with Crippen LogP contribution in [0.5, 0.6) is 0 Å². The highest BCUT2D eigenvalue weighted by Crippen LogP contribution is 2.43. The van der Waals surface area contributed by atoms with Gasteiger partial charge in [0, 0.05) is 22.2 Å². The Bertz CT molecular complexity index is 1050. The average molecular weight is 394 g/mol. The van der Waals surface area contributed by atoms with Crippen molar-refractivity contribution in [1.82, 2.24) is 9.55 Å². The molecule has 0 saturated heterocycles. The van der Waals surface area contributed by atoms with Crippen molar-refractivity contribution in [2.24, 2.45) is 0 Å². The van der Waals surface area contributed by atoms with Gasteiger partial charge in [0.1, 0.15) is 0 Å². The number of nitrogens with one attached hydrogen (secondary N) is 1. The molecule has 124 valence electrons. The molecule has 2 aromatic carbocycles. The third kappa shape index (κ3) is 2.26. The molecule has 0 fully saturated rings. The van der Waals surface area contributed by atoms with Crippen LogP contribution in [0.25, 0.3) is 11.0 Å². The van der Waals surface area contributed by atoms with Gasteiger partial charge in [0.2, 0.25) is 5.95 Å². The summed E-state index contributed by atoms with van der Waals surface area (Å²) >= 11 is 3.57. The fourth-order valence-corrected chi connectivity index (χ4v) is 4.38. The van der Waals surface area contributed by atoms with Gasteiger partial charge in [-0.05, 0) is 42.7 Å². The van der Waals surface area contributed by atoms with Crippen molar-refractivity contribution >= 4 is 38.7 Å². The molecule has 5 rings (SSSR count). The average Bonchev–Trinajstić information content (AvgIpc) is 2.98. The van der Waals surface area contributed by atoms with E-state index in [-0.39, 0.29) is 11.8 Å². The number of nitrogens with zero attached hydrogens (tertiary/aromatic N) is 2. The van der Waals surface area contributed by atoms with Gasteiger partial charge >= 0.3 is 0 Å². The summed E-state index contributed by atoms with van der Waals surface area (Å²) in [5.41, 5.74) is 5.00. The third-order valence-corrected chi connectivity index (χ3v) is 5.50. The van der Waals surface area contributed by atoms with E-state index in [1.807, 2.05) is 30.3 Å². The molecule has 0 bridgehead atoms. The molecular weight excluding hydrogens is 378 g/mol. The largest absolute Gasteiger partial charge is 0.329 e. The van der Waals surface area contributed by atoms with Crippen molar-refractivity contribution in [2.45, 2.75) is 25.3 Å². The molecule has 1 aromatic heterocycles. The summed E-state index contributed by atoms with van der Waals surface area (Å²) in [6.45, 7) is 0. The van der Waals surface area contributed by atoms with Gasteiger partial charge in [0.15, 0.2) is 5.78 Å². The van der Waals surface area contributed by atoms with Crippen LogP contribution in [0.2, 0.25) is 0 Å². The van der Waals surface area contributed by atoms with E-state index < -0.39 is 0 Å². The molecule has 1 aliphatic carbocycles. The fourth-order valence-electron chi connectivity index (χ4n) is 3.96. The lowest BCUT2D eigenvalue weighted by Crippen LogP contribution is -2.30. The first-order valence-corrected chi connectivity index (χ1v) is 9.27. The minimum atomic E-state index is -0.135. The maximum absolute atomic E-state index is 12.8. The highest BCUT2D eigenvalue weighted by molar-refractivity contribution is 9.10. The van der Waals surface area contributed by atoms with Crippen LogP contribution in [0.1, 0.15) is 30.9 Å². The summed E-state index contributed by atoms with van der Waals surface area (Å²) < 4.78 is 3.18. The Kier molecular flexibility index (Phi) is 3.31. The molecule has 5 heteroatoms. The van der Waals surface area contributed by atoms with Gasteiger partial charge in [0.05, 0.1) is 17.1 Å². The second-order valence-corrected chi connectivity index (χ2v) is 7.46. The van der Waals surface area contributed by atoms with Crippen LogP contribution >= 0.6 is 15.9 Å². The smallest absolute Gasteiger partial charge is 0.209 e. The molecule has 1 aliphatic heterocycles. The Hall–Kier alpha value is -2.40. The minimum Gasteiger partial charge on any atom is -0.329 e. The zero-order valence-electron chi connectivity index (χ0n) is 13.5. The lowest BCUT2D eigenvalue weighted by Gasteiger charge is -2.34. The van der Waals surface area contributed by atoms with Gasteiger partial charge in [-0.3, -0.25) is 9.36 Å². The molecule has 1 N–H and O–H groups in total. The standard InChI is InChI=1S/C20H16BrN3O/c21-13-6-3-5-12(11-13)19-18-15(8-4-10-17(18)25)23-20-22-14-7-1-2-9-16(14)24(19)20/h1-3,5-7,9,11,19H,4,8,10H2,(H,22,23)/t19-/m1/s1. The molecule has 3 aromatic rings. The Labute approximate surface area is 153 Å².